The molecule has 1 unspecified atom stereocenters. The molecule has 3 rings (SSSR count). The molecule has 0 aromatic heterocycles. The number of amides is 1. The summed E-state index contributed by atoms with van der Waals surface area (Å²) in [5, 5.41) is 4.23. The van der Waals surface area contributed by atoms with Crippen molar-refractivity contribution in [2.24, 2.45) is 4.99 Å². The summed E-state index contributed by atoms with van der Waals surface area (Å²) in [6.45, 7) is 5.04. The fourth-order valence-corrected chi connectivity index (χ4v) is 3.85. The molecule has 0 radical (unpaired) electrons. The number of halogens is 1. The number of hydrogen-bond donors (Lipinski definition) is 1. The molecule has 2 saturated heterocycles. The van der Waals surface area contributed by atoms with Gasteiger partial charge in [0.25, 0.3) is 0 Å². The monoisotopic (exact) mass is 421 g/mol. The van der Waals surface area contributed by atoms with E-state index in [9.17, 15) is 4.79 Å². The minimum absolute atomic E-state index is 0.00656. The topological polar surface area (TPSA) is 60.4 Å². The van der Waals surface area contributed by atoms with Crippen LogP contribution in [-0.4, -0.2) is 87.7 Å². The largest absolute Gasteiger partial charge is 0.376 e. The van der Waals surface area contributed by atoms with Crippen LogP contribution < -0.4 is 10.2 Å². The number of piperazine rings is 1. The first-order valence-electron chi connectivity index (χ1n) is 10.4. The Balaban J connectivity index is 1.61. The van der Waals surface area contributed by atoms with Crippen molar-refractivity contribution in [3.05, 3.63) is 29.3 Å². The number of likely N-dealkylation sites (N-methyl/N-ethyl adjacent to an activating group) is 1. The second kappa shape index (κ2) is 10.7. The van der Waals surface area contributed by atoms with E-state index in [0.717, 1.165) is 68.8 Å². The van der Waals surface area contributed by atoms with Crippen molar-refractivity contribution in [2.45, 2.75) is 25.4 Å². The highest BCUT2D eigenvalue weighted by atomic mass is 35.5. The highest BCUT2D eigenvalue weighted by Crippen LogP contribution is 2.26. The molecule has 1 aromatic carbocycles. The Hall–Kier alpha value is -1.99. The van der Waals surface area contributed by atoms with Gasteiger partial charge < -0.3 is 24.8 Å². The van der Waals surface area contributed by atoms with Gasteiger partial charge in [0.1, 0.15) is 6.54 Å². The van der Waals surface area contributed by atoms with Crippen molar-refractivity contribution in [1.82, 2.24) is 15.1 Å². The predicted octanol–water partition coefficient (Wildman–Crippen LogP) is 2.06. The van der Waals surface area contributed by atoms with Crippen molar-refractivity contribution in [2.75, 3.05) is 64.9 Å². The average molecular weight is 422 g/mol. The van der Waals surface area contributed by atoms with E-state index in [1.165, 1.54) is 6.42 Å². The Morgan fingerprint density at radius 3 is 2.66 bits per heavy atom. The number of guanidine groups is 1. The number of rotatable bonds is 5. The van der Waals surface area contributed by atoms with Gasteiger partial charge >= 0.3 is 0 Å². The number of hydrogen-bond acceptors (Lipinski definition) is 4. The Morgan fingerprint density at radius 2 is 2.00 bits per heavy atom. The maximum absolute atomic E-state index is 12.0. The van der Waals surface area contributed by atoms with Gasteiger partial charge in [-0.1, -0.05) is 23.7 Å². The average Bonchev–Trinajstić information content (AvgIpc) is 2.75. The van der Waals surface area contributed by atoms with Crippen LogP contribution in [-0.2, 0) is 9.53 Å². The van der Waals surface area contributed by atoms with Crippen LogP contribution >= 0.6 is 11.6 Å². The number of carbonyl (C=O) groups is 1. The number of benzene rings is 1. The lowest BCUT2D eigenvalue weighted by molar-refractivity contribution is -0.127. The van der Waals surface area contributed by atoms with Gasteiger partial charge in [-0.2, -0.15) is 0 Å². The minimum atomic E-state index is -0.00656. The number of ether oxygens (including phenoxy) is 1. The van der Waals surface area contributed by atoms with Crippen molar-refractivity contribution < 1.29 is 9.53 Å². The Kier molecular flexibility index (Phi) is 8.00. The molecule has 8 heteroatoms. The van der Waals surface area contributed by atoms with Crippen LogP contribution in [0.3, 0.4) is 0 Å². The zero-order valence-electron chi connectivity index (χ0n) is 17.4. The molecule has 0 aliphatic carbocycles. The second-order valence-electron chi connectivity index (χ2n) is 7.72. The Labute approximate surface area is 178 Å². The summed E-state index contributed by atoms with van der Waals surface area (Å²) >= 11 is 6.36. The van der Waals surface area contributed by atoms with Crippen molar-refractivity contribution in [3.8, 4) is 0 Å². The first-order valence-corrected chi connectivity index (χ1v) is 10.8. The van der Waals surface area contributed by atoms with Crippen LogP contribution in [0.2, 0.25) is 5.02 Å². The molecule has 1 atom stereocenters. The van der Waals surface area contributed by atoms with E-state index in [0.29, 0.717) is 0 Å². The lowest BCUT2D eigenvalue weighted by atomic mass is 10.1. The highest BCUT2D eigenvalue weighted by Gasteiger charge is 2.23. The van der Waals surface area contributed by atoms with Crippen LogP contribution in [0.25, 0.3) is 0 Å². The predicted molar refractivity (Wildman–Crippen MR) is 118 cm³/mol. The van der Waals surface area contributed by atoms with E-state index in [4.69, 9.17) is 16.3 Å². The third-order valence-electron chi connectivity index (χ3n) is 5.40. The van der Waals surface area contributed by atoms with Crippen molar-refractivity contribution >= 4 is 29.2 Å². The minimum Gasteiger partial charge on any atom is -0.376 e. The van der Waals surface area contributed by atoms with Gasteiger partial charge in [0.05, 0.1) is 16.8 Å². The summed E-state index contributed by atoms with van der Waals surface area (Å²) in [5.41, 5.74) is 1.07. The molecule has 1 amide bonds. The summed E-state index contributed by atoms with van der Waals surface area (Å²) < 4.78 is 5.83. The fraction of sp³-hybridized carbons (Fsp3) is 0.619. The third kappa shape index (κ3) is 6.24. The quantitative estimate of drug-likeness (QED) is 0.582. The molecule has 2 heterocycles. The maximum atomic E-state index is 12.0. The summed E-state index contributed by atoms with van der Waals surface area (Å²) in [6, 6.07) is 7.95. The van der Waals surface area contributed by atoms with E-state index in [1.807, 2.05) is 18.2 Å². The van der Waals surface area contributed by atoms with Crippen molar-refractivity contribution in [3.63, 3.8) is 0 Å². The van der Waals surface area contributed by atoms with E-state index in [2.05, 4.69) is 26.2 Å². The lowest BCUT2D eigenvalue weighted by Crippen LogP contribution is -2.54. The SMILES string of the molecule is CN(C)C(=O)CN=C(NCC1CCCCO1)N1CCN(c2ccccc2Cl)CC1. The normalized spacial score (nSPS) is 20.5. The van der Waals surface area contributed by atoms with Gasteiger partial charge in [-0.15, -0.1) is 0 Å². The summed E-state index contributed by atoms with van der Waals surface area (Å²) in [4.78, 5) is 22.7. The molecule has 0 spiro atoms. The molecule has 29 heavy (non-hydrogen) atoms. The van der Waals surface area contributed by atoms with Crippen LogP contribution in [0.5, 0.6) is 0 Å². The van der Waals surface area contributed by atoms with E-state index < -0.39 is 0 Å². The molecule has 7 nitrogen and oxygen atoms in total. The Bertz CT molecular complexity index is 698. The van der Waals surface area contributed by atoms with Gasteiger partial charge in [0, 0.05) is 53.4 Å². The number of carbonyl (C=O) groups excluding carboxylic acids is 1. The third-order valence-corrected chi connectivity index (χ3v) is 5.72. The molecule has 0 saturated carbocycles. The fourth-order valence-electron chi connectivity index (χ4n) is 3.59. The van der Waals surface area contributed by atoms with Crippen molar-refractivity contribution in [1.29, 1.82) is 0 Å². The number of aliphatic imine (C=N–C) groups is 1. The first-order chi connectivity index (χ1) is 14.0. The highest BCUT2D eigenvalue weighted by molar-refractivity contribution is 6.33. The van der Waals surface area contributed by atoms with Crippen LogP contribution in [0.4, 0.5) is 5.69 Å². The van der Waals surface area contributed by atoms with Crippen LogP contribution in [0, 0.1) is 0 Å². The molecule has 0 bridgehead atoms. The van der Waals surface area contributed by atoms with Gasteiger partial charge in [-0.05, 0) is 31.4 Å². The smallest absolute Gasteiger partial charge is 0.243 e. The zero-order valence-corrected chi connectivity index (χ0v) is 18.2. The van der Waals surface area contributed by atoms with Crippen LogP contribution in [0.15, 0.2) is 29.3 Å². The summed E-state index contributed by atoms with van der Waals surface area (Å²) in [6.07, 6.45) is 3.62. The lowest BCUT2D eigenvalue weighted by Gasteiger charge is -2.38. The second-order valence-corrected chi connectivity index (χ2v) is 8.13. The summed E-state index contributed by atoms with van der Waals surface area (Å²) in [7, 11) is 3.51. The number of anilines is 1. The van der Waals surface area contributed by atoms with Crippen LogP contribution in [0.1, 0.15) is 19.3 Å². The standard InChI is InChI=1S/C21H32ClN5O2/c1-25(2)20(28)16-24-21(23-15-17-7-5-6-14-29-17)27-12-10-26(11-13-27)19-9-4-3-8-18(19)22/h3-4,8-9,17H,5-7,10-16H2,1-2H3,(H,23,24). The number of nitrogens with zero attached hydrogens (tertiary/aromatic N) is 4. The van der Waals surface area contributed by atoms with Gasteiger partial charge in [0.2, 0.25) is 5.91 Å². The molecule has 2 aliphatic heterocycles. The van der Waals surface area contributed by atoms with Gasteiger partial charge in [-0.3, -0.25) is 4.79 Å². The van der Waals surface area contributed by atoms with E-state index >= 15 is 0 Å². The molecular formula is C21H32ClN5O2. The Morgan fingerprint density at radius 1 is 1.24 bits per heavy atom. The molecule has 1 aromatic rings. The van der Waals surface area contributed by atoms with Gasteiger partial charge in [-0.25, -0.2) is 4.99 Å². The number of para-hydroxylation sites is 1. The number of nitrogens with one attached hydrogen (secondary N) is 1. The molecule has 2 aliphatic rings. The van der Waals surface area contributed by atoms with E-state index in [1.54, 1.807) is 19.0 Å². The molecule has 160 valence electrons. The first kappa shape index (κ1) is 21.7. The molecule has 1 N–H and O–H groups in total. The molecule has 2 fully saturated rings. The zero-order chi connectivity index (χ0) is 20.6. The van der Waals surface area contributed by atoms with E-state index in [-0.39, 0.29) is 18.6 Å². The molecular weight excluding hydrogens is 390 g/mol. The van der Waals surface area contributed by atoms with Gasteiger partial charge in [0.15, 0.2) is 5.96 Å². The maximum Gasteiger partial charge on any atom is 0.243 e. The summed E-state index contributed by atoms with van der Waals surface area (Å²) in [5.74, 6) is 0.779.